The smallest absolute Gasteiger partial charge is 0.301 e. The normalized spacial score (nSPS) is 31.9. The van der Waals surface area contributed by atoms with Gasteiger partial charge in [0.25, 0.3) is 0 Å². The molecule has 2 rings (SSSR count). The maximum Gasteiger partial charge on any atom is 0.406 e. The van der Waals surface area contributed by atoms with Gasteiger partial charge in [0, 0.05) is 6.04 Å². The van der Waals surface area contributed by atoms with Crippen molar-refractivity contribution in [1.82, 2.24) is 5.32 Å². The zero-order valence-corrected chi connectivity index (χ0v) is 10.7. The molecule has 1 nitrogen and oxygen atoms in total. The van der Waals surface area contributed by atoms with Crippen molar-refractivity contribution in [2.75, 3.05) is 0 Å². The van der Waals surface area contributed by atoms with Crippen LogP contribution in [-0.2, 0) is 0 Å². The Hall–Kier alpha value is -0.250. The van der Waals surface area contributed by atoms with E-state index in [0.717, 1.165) is 32.1 Å². The molecule has 2 aliphatic carbocycles. The van der Waals surface area contributed by atoms with Crippen LogP contribution in [0.25, 0.3) is 0 Å². The zero-order chi connectivity index (χ0) is 12.7. The molecule has 0 amide bonds. The lowest BCUT2D eigenvalue weighted by Crippen LogP contribution is -2.49. The van der Waals surface area contributed by atoms with E-state index in [9.17, 15) is 13.2 Å². The summed E-state index contributed by atoms with van der Waals surface area (Å²) in [6, 6.07) is 0.0564. The Morgan fingerprint density at radius 1 is 1.00 bits per heavy atom. The lowest BCUT2D eigenvalue weighted by molar-refractivity contribution is -0.168. The van der Waals surface area contributed by atoms with E-state index in [0.29, 0.717) is 5.41 Å². The molecular weight excluding hydrogens is 227 g/mol. The minimum absolute atomic E-state index is 0.0564. The van der Waals surface area contributed by atoms with Gasteiger partial charge >= 0.3 is 6.18 Å². The molecule has 0 aromatic rings. The minimum Gasteiger partial charge on any atom is -0.301 e. The molecule has 100 valence electrons. The van der Waals surface area contributed by atoms with Crippen LogP contribution >= 0.6 is 0 Å². The van der Waals surface area contributed by atoms with Gasteiger partial charge in [-0.15, -0.1) is 0 Å². The number of nitrogens with one attached hydrogen (secondary N) is 1. The molecule has 0 aromatic heterocycles. The summed E-state index contributed by atoms with van der Waals surface area (Å²) < 4.78 is 38.5. The number of rotatable bonds is 2. The van der Waals surface area contributed by atoms with Gasteiger partial charge in [0.1, 0.15) is 5.54 Å². The largest absolute Gasteiger partial charge is 0.406 e. The summed E-state index contributed by atoms with van der Waals surface area (Å²) in [4.78, 5) is 0. The first-order valence-corrected chi connectivity index (χ1v) is 6.59. The maximum atomic E-state index is 12.8. The second-order valence-electron chi connectivity index (χ2n) is 6.52. The first-order chi connectivity index (χ1) is 7.74. The van der Waals surface area contributed by atoms with Crippen molar-refractivity contribution in [3.05, 3.63) is 0 Å². The zero-order valence-electron chi connectivity index (χ0n) is 10.7. The van der Waals surface area contributed by atoms with Crippen LogP contribution in [0.1, 0.15) is 58.8 Å². The Kier molecular flexibility index (Phi) is 3.22. The Morgan fingerprint density at radius 3 is 2.18 bits per heavy atom. The quantitative estimate of drug-likeness (QED) is 0.728. The van der Waals surface area contributed by atoms with Crippen molar-refractivity contribution in [1.29, 1.82) is 0 Å². The van der Waals surface area contributed by atoms with Gasteiger partial charge in [0.15, 0.2) is 0 Å². The Morgan fingerprint density at radius 2 is 1.65 bits per heavy atom. The average Bonchev–Trinajstić information content (AvgIpc) is 2.94. The Bertz CT molecular complexity index is 279. The molecule has 1 N–H and O–H groups in total. The van der Waals surface area contributed by atoms with E-state index in [-0.39, 0.29) is 18.9 Å². The van der Waals surface area contributed by atoms with Crippen LogP contribution in [-0.4, -0.2) is 17.8 Å². The van der Waals surface area contributed by atoms with Gasteiger partial charge in [0.2, 0.25) is 0 Å². The lowest BCUT2D eigenvalue weighted by Gasteiger charge is -2.27. The topological polar surface area (TPSA) is 12.0 Å². The first kappa shape index (κ1) is 13.2. The summed E-state index contributed by atoms with van der Waals surface area (Å²) >= 11 is 0. The van der Waals surface area contributed by atoms with Crippen molar-refractivity contribution in [3.63, 3.8) is 0 Å². The Balaban J connectivity index is 1.92. The van der Waals surface area contributed by atoms with E-state index in [4.69, 9.17) is 0 Å². The molecule has 0 heterocycles. The molecule has 0 aliphatic heterocycles. The second-order valence-corrected chi connectivity index (χ2v) is 6.52. The van der Waals surface area contributed by atoms with Crippen LogP contribution in [0.4, 0.5) is 13.2 Å². The summed E-state index contributed by atoms with van der Waals surface area (Å²) in [6.07, 6.45) is 1.41. The van der Waals surface area contributed by atoms with Gasteiger partial charge in [0.05, 0.1) is 0 Å². The molecule has 0 radical (unpaired) electrons. The SMILES string of the molecule is CC1(C)CCCC(NC2(C(F)(F)F)CC2)CC1. The van der Waals surface area contributed by atoms with Gasteiger partial charge in [-0.1, -0.05) is 20.3 Å². The minimum atomic E-state index is -4.07. The molecular formula is C13H22F3N. The van der Waals surface area contributed by atoms with E-state index >= 15 is 0 Å². The van der Waals surface area contributed by atoms with E-state index in [1.165, 1.54) is 0 Å². The van der Waals surface area contributed by atoms with Crippen molar-refractivity contribution in [2.45, 2.75) is 76.6 Å². The van der Waals surface area contributed by atoms with Gasteiger partial charge in [-0.05, 0) is 43.9 Å². The van der Waals surface area contributed by atoms with E-state index in [2.05, 4.69) is 19.2 Å². The highest BCUT2D eigenvalue weighted by Crippen LogP contribution is 2.50. The third-order valence-corrected chi connectivity index (χ3v) is 4.35. The van der Waals surface area contributed by atoms with Crippen LogP contribution in [0, 0.1) is 5.41 Å². The summed E-state index contributed by atoms with van der Waals surface area (Å²) in [6.45, 7) is 4.43. The van der Waals surface area contributed by atoms with Crippen LogP contribution in [0.2, 0.25) is 0 Å². The van der Waals surface area contributed by atoms with Crippen LogP contribution < -0.4 is 5.32 Å². The molecule has 0 spiro atoms. The van der Waals surface area contributed by atoms with Crippen LogP contribution in [0.15, 0.2) is 0 Å². The van der Waals surface area contributed by atoms with Crippen molar-refractivity contribution >= 4 is 0 Å². The molecule has 0 bridgehead atoms. The summed E-state index contributed by atoms with van der Waals surface area (Å²) in [7, 11) is 0. The lowest BCUT2D eigenvalue weighted by atomic mass is 9.85. The van der Waals surface area contributed by atoms with Gasteiger partial charge < -0.3 is 5.32 Å². The van der Waals surface area contributed by atoms with Crippen LogP contribution in [0.3, 0.4) is 0 Å². The molecule has 2 fully saturated rings. The van der Waals surface area contributed by atoms with Gasteiger partial charge in [-0.2, -0.15) is 13.2 Å². The highest BCUT2D eigenvalue weighted by atomic mass is 19.4. The van der Waals surface area contributed by atoms with E-state index < -0.39 is 11.7 Å². The molecule has 2 saturated carbocycles. The first-order valence-electron chi connectivity index (χ1n) is 6.59. The van der Waals surface area contributed by atoms with Crippen molar-refractivity contribution in [3.8, 4) is 0 Å². The standard InChI is InChI=1S/C13H22F3N/c1-11(2)6-3-4-10(5-7-11)17-12(8-9-12)13(14,15)16/h10,17H,3-9H2,1-2H3. The maximum absolute atomic E-state index is 12.8. The number of hydrogen-bond donors (Lipinski definition) is 1. The van der Waals surface area contributed by atoms with E-state index in [1.807, 2.05) is 0 Å². The molecule has 17 heavy (non-hydrogen) atoms. The van der Waals surface area contributed by atoms with Gasteiger partial charge in [-0.25, -0.2) is 0 Å². The van der Waals surface area contributed by atoms with Gasteiger partial charge in [-0.3, -0.25) is 0 Å². The molecule has 4 heteroatoms. The number of hydrogen-bond acceptors (Lipinski definition) is 1. The highest BCUT2D eigenvalue weighted by molar-refractivity contribution is 5.09. The summed E-state index contributed by atoms with van der Waals surface area (Å²) in [5.41, 5.74) is -1.24. The summed E-state index contributed by atoms with van der Waals surface area (Å²) in [5, 5.41) is 2.90. The fourth-order valence-corrected chi connectivity index (χ4v) is 2.83. The third-order valence-electron chi connectivity index (χ3n) is 4.35. The fraction of sp³-hybridized carbons (Fsp3) is 1.00. The number of halogens is 3. The average molecular weight is 249 g/mol. The number of alkyl halides is 3. The van der Waals surface area contributed by atoms with Crippen molar-refractivity contribution in [2.24, 2.45) is 5.41 Å². The molecule has 1 unspecified atom stereocenters. The van der Waals surface area contributed by atoms with Crippen molar-refractivity contribution < 1.29 is 13.2 Å². The summed E-state index contributed by atoms with van der Waals surface area (Å²) in [5.74, 6) is 0. The molecule has 0 aromatic carbocycles. The molecule has 0 saturated heterocycles. The third kappa shape index (κ3) is 2.95. The molecule has 2 aliphatic rings. The Labute approximate surface area is 101 Å². The second kappa shape index (κ2) is 4.15. The van der Waals surface area contributed by atoms with Crippen LogP contribution in [0.5, 0.6) is 0 Å². The van der Waals surface area contributed by atoms with E-state index in [1.54, 1.807) is 0 Å². The molecule has 1 atom stereocenters. The fourth-order valence-electron chi connectivity index (χ4n) is 2.83. The monoisotopic (exact) mass is 249 g/mol. The highest BCUT2D eigenvalue weighted by Gasteiger charge is 2.63. The predicted octanol–water partition coefficient (Wildman–Crippen LogP) is 4.03. The predicted molar refractivity (Wildman–Crippen MR) is 61.8 cm³/mol.